The molecule has 0 atom stereocenters. The van der Waals surface area contributed by atoms with Crippen LogP contribution in [0.1, 0.15) is 24.1 Å². The van der Waals surface area contributed by atoms with Crippen molar-refractivity contribution in [3.05, 3.63) is 28.0 Å². The van der Waals surface area contributed by atoms with Gasteiger partial charge in [0.25, 0.3) is 0 Å². The highest BCUT2D eigenvalue weighted by Crippen LogP contribution is 2.22. The molecule has 0 unspecified atom stereocenters. The molecule has 6 nitrogen and oxygen atoms in total. The molecule has 0 aliphatic heterocycles. The molecule has 2 aromatic heterocycles. The van der Waals surface area contributed by atoms with E-state index in [0.717, 1.165) is 22.3 Å². The predicted octanol–water partition coefficient (Wildman–Crippen LogP) is 0.844. The highest BCUT2D eigenvalue weighted by molar-refractivity contribution is 9.10. The van der Waals surface area contributed by atoms with E-state index in [4.69, 9.17) is 5.73 Å². The maximum absolute atomic E-state index is 5.48. The van der Waals surface area contributed by atoms with Gasteiger partial charge >= 0.3 is 0 Å². The first kappa shape index (κ1) is 12.3. The SMILES string of the molecule is CCc1nn(C)c(Cn2cnc(CN)n2)c1Br. The van der Waals surface area contributed by atoms with Gasteiger partial charge in [-0.2, -0.15) is 10.2 Å². The number of aromatic nitrogens is 5. The molecule has 0 saturated heterocycles. The zero-order valence-corrected chi connectivity index (χ0v) is 11.5. The third-order valence-electron chi connectivity index (χ3n) is 2.58. The van der Waals surface area contributed by atoms with E-state index in [1.165, 1.54) is 0 Å². The highest BCUT2D eigenvalue weighted by Gasteiger charge is 2.13. The fourth-order valence-electron chi connectivity index (χ4n) is 1.65. The molecule has 0 bridgehead atoms. The molecule has 92 valence electrons. The average molecular weight is 299 g/mol. The second-order valence-electron chi connectivity index (χ2n) is 3.75. The number of hydrogen-bond acceptors (Lipinski definition) is 4. The van der Waals surface area contributed by atoms with Crippen LogP contribution in [-0.4, -0.2) is 24.5 Å². The lowest BCUT2D eigenvalue weighted by molar-refractivity contribution is 0.609. The Kier molecular flexibility index (Phi) is 3.58. The van der Waals surface area contributed by atoms with Crippen molar-refractivity contribution in [1.82, 2.24) is 24.5 Å². The minimum Gasteiger partial charge on any atom is -0.324 e. The minimum atomic E-state index is 0.361. The van der Waals surface area contributed by atoms with Crippen LogP contribution in [0.3, 0.4) is 0 Å². The van der Waals surface area contributed by atoms with Gasteiger partial charge in [-0.15, -0.1) is 0 Å². The van der Waals surface area contributed by atoms with Crippen LogP contribution in [0.5, 0.6) is 0 Å². The summed E-state index contributed by atoms with van der Waals surface area (Å²) in [6, 6.07) is 0. The molecule has 2 N–H and O–H groups in total. The summed E-state index contributed by atoms with van der Waals surface area (Å²) < 4.78 is 4.68. The third kappa shape index (κ3) is 2.39. The van der Waals surface area contributed by atoms with Crippen molar-refractivity contribution in [3.63, 3.8) is 0 Å². The van der Waals surface area contributed by atoms with E-state index < -0.39 is 0 Å². The number of nitrogens with two attached hydrogens (primary N) is 1. The van der Waals surface area contributed by atoms with E-state index in [9.17, 15) is 0 Å². The van der Waals surface area contributed by atoms with Crippen molar-refractivity contribution in [2.75, 3.05) is 0 Å². The van der Waals surface area contributed by atoms with Gasteiger partial charge in [-0.05, 0) is 22.4 Å². The Labute approximate surface area is 108 Å². The monoisotopic (exact) mass is 298 g/mol. The molecule has 0 amide bonds. The maximum atomic E-state index is 5.48. The van der Waals surface area contributed by atoms with E-state index in [2.05, 4.69) is 38.0 Å². The lowest BCUT2D eigenvalue weighted by Gasteiger charge is -2.02. The number of rotatable bonds is 4. The second kappa shape index (κ2) is 4.97. The van der Waals surface area contributed by atoms with E-state index in [-0.39, 0.29) is 0 Å². The van der Waals surface area contributed by atoms with Crippen molar-refractivity contribution >= 4 is 15.9 Å². The molecule has 0 spiro atoms. The van der Waals surface area contributed by atoms with Crippen LogP contribution in [0, 0.1) is 0 Å². The number of nitrogens with zero attached hydrogens (tertiary/aromatic N) is 5. The van der Waals surface area contributed by atoms with Gasteiger partial charge in [0, 0.05) is 7.05 Å². The average Bonchev–Trinajstić information content (AvgIpc) is 2.88. The number of aryl methyl sites for hydroxylation is 2. The molecule has 17 heavy (non-hydrogen) atoms. The quantitative estimate of drug-likeness (QED) is 0.908. The summed E-state index contributed by atoms with van der Waals surface area (Å²) in [4.78, 5) is 4.10. The third-order valence-corrected chi connectivity index (χ3v) is 3.50. The van der Waals surface area contributed by atoms with Gasteiger partial charge < -0.3 is 5.73 Å². The summed E-state index contributed by atoms with van der Waals surface area (Å²) in [5.74, 6) is 0.652. The maximum Gasteiger partial charge on any atom is 0.164 e. The van der Waals surface area contributed by atoms with Crippen molar-refractivity contribution < 1.29 is 0 Å². The first-order valence-electron chi connectivity index (χ1n) is 5.44. The first-order chi connectivity index (χ1) is 8.15. The number of hydrogen-bond donors (Lipinski definition) is 1. The Balaban J connectivity index is 2.26. The smallest absolute Gasteiger partial charge is 0.164 e. The summed E-state index contributed by atoms with van der Waals surface area (Å²) >= 11 is 3.57. The van der Waals surface area contributed by atoms with Crippen LogP contribution in [0.15, 0.2) is 10.8 Å². The lowest BCUT2D eigenvalue weighted by Crippen LogP contribution is -2.07. The molecule has 2 heterocycles. The summed E-state index contributed by atoms with van der Waals surface area (Å²) in [6.45, 7) is 3.08. The zero-order valence-electron chi connectivity index (χ0n) is 9.89. The van der Waals surface area contributed by atoms with Crippen LogP contribution in [0.2, 0.25) is 0 Å². The summed E-state index contributed by atoms with van der Waals surface area (Å²) in [6.07, 6.45) is 2.59. The van der Waals surface area contributed by atoms with E-state index in [1.54, 1.807) is 11.0 Å². The molecular weight excluding hydrogens is 284 g/mol. The molecule has 0 aliphatic rings. The lowest BCUT2D eigenvalue weighted by atomic mass is 10.3. The van der Waals surface area contributed by atoms with E-state index in [1.807, 2.05) is 11.7 Å². The van der Waals surface area contributed by atoms with Gasteiger partial charge in [0.2, 0.25) is 0 Å². The van der Waals surface area contributed by atoms with Crippen LogP contribution >= 0.6 is 15.9 Å². The molecule has 7 heteroatoms. The normalized spacial score (nSPS) is 11.1. The first-order valence-corrected chi connectivity index (χ1v) is 6.23. The molecule has 2 aromatic rings. The summed E-state index contributed by atoms with van der Waals surface area (Å²) in [5, 5.41) is 8.70. The molecule has 0 radical (unpaired) electrons. The van der Waals surface area contributed by atoms with Gasteiger partial charge in [0.1, 0.15) is 6.33 Å². The number of halogens is 1. The largest absolute Gasteiger partial charge is 0.324 e. The molecule has 0 saturated carbocycles. The van der Waals surface area contributed by atoms with Gasteiger partial charge in [0.05, 0.1) is 29.0 Å². The Morgan fingerprint density at radius 3 is 2.71 bits per heavy atom. The highest BCUT2D eigenvalue weighted by atomic mass is 79.9. The van der Waals surface area contributed by atoms with Gasteiger partial charge in [0.15, 0.2) is 5.82 Å². The Hall–Kier alpha value is -1.21. The fourth-order valence-corrected chi connectivity index (χ4v) is 2.39. The van der Waals surface area contributed by atoms with Gasteiger partial charge in [-0.25, -0.2) is 9.67 Å². The molecular formula is C10H15BrN6. The molecule has 0 aliphatic carbocycles. The topological polar surface area (TPSA) is 74.5 Å². The van der Waals surface area contributed by atoms with E-state index in [0.29, 0.717) is 18.9 Å². The van der Waals surface area contributed by atoms with Crippen LogP contribution in [0.4, 0.5) is 0 Å². The van der Waals surface area contributed by atoms with Crippen LogP contribution in [-0.2, 0) is 26.6 Å². The van der Waals surface area contributed by atoms with Crippen molar-refractivity contribution in [2.45, 2.75) is 26.4 Å². The molecule has 2 rings (SSSR count). The second-order valence-corrected chi connectivity index (χ2v) is 4.54. The zero-order chi connectivity index (χ0) is 12.4. The van der Waals surface area contributed by atoms with Crippen LogP contribution < -0.4 is 5.73 Å². The van der Waals surface area contributed by atoms with Gasteiger partial charge in [-0.1, -0.05) is 6.92 Å². The van der Waals surface area contributed by atoms with Crippen molar-refractivity contribution in [1.29, 1.82) is 0 Å². The molecule has 0 aromatic carbocycles. The Bertz CT molecular complexity index is 515. The van der Waals surface area contributed by atoms with E-state index >= 15 is 0 Å². The fraction of sp³-hybridized carbons (Fsp3) is 0.500. The summed E-state index contributed by atoms with van der Waals surface area (Å²) in [7, 11) is 1.93. The predicted molar refractivity (Wildman–Crippen MR) is 67.3 cm³/mol. The van der Waals surface area contributed by atoms with Crippen molar-refractivity contribution in [3.8, 4) is 0 Å². The summed E-state index contributed by atoms with van der Waals surface area (Å²) in [5.41, 5.74) is 7.61. The minimum absolute atomic E-state index is 0.361. The van der Waals surface area contributed by atoms with Crippen molar-refractivity contribution in [2.24, 2.45) is 12.8 Å². The Morgan fingerprint density at radius 1 is 1.41 bits per heavy atom. The van der Waals surface area contributed by atoms with Crippen LogP contribution in [0.25, 0.3) is 0 Å². The standard InChI is InChI=1S/C10H15BrN6/c1-3-7-10(11)8(16(2)14-7)5-17-6-13-9(4-12)15-17/h6H,3-5,12H2,1-2H3. The Morgan fingerprint density at radius 2 is 2.18 bits per heavy atom. The molecule has 0 fully saturated rings. The van der Waals surface area contributed by atoms with Gasteiger partial charge in [-0.3, -0.25) is 4.68 Å².